The molecule has 0 radical (unpaired) electrons. The second kappa shape index (κ2) is 10.3. The summed E-state index contributed by atoms with van der Waals surface area (Å²) >= 11 is 0. The maximum Gasteiger partial charge on any atom is 0.338 e. The molecule has 0 fully saturated rings. The summed E-state index contributed by atoms with van der Waals surface area (Å²) in [5, 5.41) is 4.16. The Labute approximate surface area is 185 Å². The quantitative estimate of drug-likeness (QED) is 0.232. The van der Waals surface area contributed by atoms with E-state index in [1.54, 1.807) is 35.4 Å². The molecule has 0 aliphatic rings. The molecule has 0 aliphatic heterocycles. The number of carbonyl (C=O) groups excluding carboxylic acids is 1. The molecule has 0 saturated carbocycles. The molecule has 6 heteroatoms. The van der Waals surface area contributed by atoms with Gasteiger partial charge in [-0.3, -0.25) is 4.79 Å². The molecule has 2 aromatic carbocycles. The van der Waals surface area contributed by atoms with Gasteiger partial charge in [-0.25, -0.2) is 4.79 Å². The van der Waals surface area contributed by atoms with E-state index in [9.17, 15) is 9.59 Å². The Balaban J connectivity index is 1.41. The Morgan fingerprint density at radius 3 is 2.62 bits per heavy atom. The number of rotatable bonds is 9. The fraction of sp³-hybridized carbons (Fsp3) is 0.154. The van der Waals surface area contributed by atoms with Crippen molar-refractivity contribution in [3.05, 3.63) is 107 Å². The number of hydrogen-bond donors (Lipinski definition) is 1. The first-order chi connectivity index (χ1) is 15.7. The smallest absolute Gasteiger partial charge is 0.338 e. The fourth-order valence-electron chi connectivity index (χ4n) is 3.47. The van der Waals surface area contributed by atoms with Crippen LogP contribution in [-0.2, 0) is 11.3 Å². The molecule has 0 bridgehead atoms. The molecule has 2 heterocycles. The van der Waals surface area contributed by atoms with Gasteiger partial charge in [-0.2, -0.15) is 0 Å². The third-order valence-electron chi connectivity index (χ3n) is 5.03. The summed E-state index contributed by atoms with van der Waals surface area (Å²) in [6.45, 7) is 1.68. The highest BCUT2D eigenvalue weighted by Crippen LogP contribution is 2.21. The van der Waals surface area contributed by atoms with Gasteiger partial charge in [0.05, 0.1) is 12.0 Å². The van der Waals surface area contributed by atoms with Crippen LogP contribution in [0.3, 0.4) is 0 Å². The van der Waals surface area contributed by atoms with Gasteiger partial charge in [-0.05, 0) is 42.3 Å². The molecule has 4 rings (SSSR count). The molecule has 0 aliphatic carbocycles. The van der Waals surface area contributed by atoms with Gasteiger partial charge in [-0.15, -0.1) is 0 Å². The van der Waals surface area contributed by atoms with Crippen molar-refractivity contribution < 1.29 is 13.6 Å². The maximum absolute atomic E-state index is 12.8. The van der Waals surface area contributed by atoms with Crippen molar-refractivity contribution >= 4 is 28.6 Å². The van der Waals surface area contributed by atoms with Crippen molar-refractivity contribution in [2.75, 3.05) is 18.4 Å². The molecule has 0 saturated heterocycles. The van der Waals surface area contributed by atoms with E-state index < -0.39 is 5.63 Å². The topological polar surface area (TPSA) is 75.7 Å². The molecule has 0 atom stereocenters. The monoisotopic (exact) mass is 428 g/mol. The van der Waals surface area contributed by atoms with Crippen LogP contribution in [0.1, 0.15) is 17.7 Å². The molecule has 6 nitrogen and oxygen atoms in total. The number of fused-ring (bicyclic) bond motifs is 1. The number of carbonyl (C=O) groups is 1. The van der Waals surface area contributed by atoms with Gasteiger partial charge in [0, 0.05) is 37.2 Å². The Hall–Kier alpha value is -4.06. The van der Waals surface area contributed by atoms with E-state index in [4.69, 9.17) is 8.83 Å². The summed E-state index contributed by atoms with van der Waals surface area (Å²) in [4.78, 5) is 26.5. The molecule has 32 heavy (non-hydrogen) atoms. The fourth-order valence-corrected chi connectivity index (χ4v) is 3.47. The molecular weight excluding hydrogens is 404 g/mol. The minimum atomic E-state index is -0.393. The first-order valence-corrected chi connectivity index (χ1v) is 10.5. The van der Waals surface area contributed by atoms with Crippen molar-refractivity contribution in [1.29, 1.82) is 0 Å². The zero-order chi connectivity index (χ0) is 22.2. The maximum atomic E-state index is 12.8. The number of nitrogens with one attached hydrogen (secondary N) is 1. The van der Waals surface area contributed by atoms with E-state index in [0.29, 0.717) is 37.4 Å². The summed E-state index contributed by atoms with van der Waals surface area (Å²) in [5.74, 6) is 0.547. The van der Waals surface area contributed by atoms with E-state index in [-0.39, 0.29) is 5.91 Å². The number of furan rings is 1. The lowest BCUT2D eigenvalue weighted by Gasteiger charge is -2.22. The van der Waals surface area contributed by atoms with E-state index in [0.717, 1.165) is 16.6 Å². The van der Waals surface area contributed by atoms with Gasteiger partial charge in [-0.1, -0.05) is 42.5 Å². The van der Waals surface area contributed by atoms with Crippen LogP contribution in [0.2, 0.25) is 0 Å². The number of benzene rings is 2. The van der Waals surface area contributed by atoms with Crippen LogP contribution in [0, 0.1) is 0 Å². The van der Waals surface area contributed by atoms with E-state index in [1.807, 2.05) is 48.5 Å². The van der Waals surface area contributed by atoms with Crippen molar-refractivity contribution in [3.63, 3.8) is 0 Å². The number of para-hydroxylation sites is 1. The minimum Gasteiger partial charge on any atom is -0.465 e. The molecule has 1 N–H and O–H groups in total. The first-order valence-electron chi connectivity index (χ1n) is 10.5. The van der Waals surface area contributed by atoms with Crippen LogP contribution in [0.5, 0.6) is 0 Å². The molecule has 162 valence electrons. The average molecular weight is 428 g/mol. The average Bonchev–Trinajstić information content (AvgIpc) is 3.33. The lowest BCUT2D eigenvalue weighted by Crippen LogP contribution is -2.31. The second-order valence-corrected chi connectivity index (χ2v) is 7.35. The zero-order valence-electron chi connectivity index (χ0n) is 17.6. The Bertz CT molecular complexity index is 1240. The SMILES string of the molecule is O=C(/C=C/c1ccco1)N(CCCNc1cc(=O)oc2ccccc12)Cc1ccccc1. The Morgan fingerprint density at radius 1 is 1.00 bits per heavy atom. The lowest BCUT2D eigenvalue weighted by molar-refractivity contribution is -0.126. The van der Waals surface area contributed by atoms with Crippen molar-refractivity contribution in [3.8, 4) is 0 Å². The van der Waals surface area contributed by atoms with E-state index in [1.165, 1.54) is 12.1 Å². The van der Waals surface area contributed by atoms with Gasteiger partial charge < -0.3 is 19.1 Å². The van der Waals surface area contributed by atoms with Gasteiger partial charge in [0.1, 0.15) is 11.3 Å². The van der Waals surface area contributed by atoms with E-state index >= 15 is 0 Å². The lowest BCUT2D eigenvalue weighted by atomic mass is 10.2. The second-order valence-electron chi connectivity index (χ2n) is 7.35. The van der Waals surface area contributed by atoms with E-state index in [2.05, 4.69) is 5.32 Å². The molecular formula is C26H24N2O4. The molecule has 0 spiro atoms. The van der Waals surface area contributed by atoms with Crippen molar-refractivity contribution in [2.45, 2.75) is 13.0 Å². The van der Waals surface area contributed by atoms with Crippen LogP contribution in [0.15, 0.2) is 98.8 Å². The van der Waals surface area contributed by atoms with Gasteiger partial charge in [0.25, 0.3) is 0 Å². The minimum absolute atomic E-state index is 0.0870. The summed E-state index contributed by atoms with van der Waals surface area (Å²) in [6.07, 6.45) is 5.49. The molecule has 1 amide bonds. The number of hydrogen-bond acceptors (Lipinski definition) is 5. The van der Waals surface area contributed by atoms with Crippen LogP contribution in [-0.4, -0.2) is 23.9 Å². The standard InChI is InChI=1S/C26H24N2O4/c29-25(14-13-21-10-6-17-31-21)28(19-20-8-2-1-3-9-20)16-7-15-27-23-18-26(30)32-24-12-5-4-11-22(23)24/h1-6,8-14,17-18,27H,7,15-16,19H2/b14-13+. The van der Waals surface area contributed by atoms with Gasteiger partial charge >= 0.3 is 5.63 Å². The van der Waals surface area contributed by atoms with Gasteiger partial charge in [0.15, 0.2) is 0 Å². The van der Waals surface area contributed by atoms with Crippen molar-refractivity contribution in [2.24, 2.45) is 0 Å². The molecule has 4 aromatic rings. The van der Waals surface area contributed by atoms with Crippen LogP contribution in [0.4, 0.5) is 5.69 Å². The molecule has 0 unspecified atom stereocenters. The van der Waals surface area contributed by atoms with Crippen LogP contribution < -0.4 is 10.9 Å². The molecule has 2 aromatic heterocycles. The predicted octanol–water partition coefficient (Wildman–Crippen LogP) is 4.93. The Kier molecular flexibility index (Phi) is 6.82. The third-order valence-corrected chi connectivity index (χ3v) is 5.03. The summed E-state index contributed by atoms with van der Waals surface area (Å²) in [7, 11) is 0. The predicted molar refractivity (Wildman–Crippen MR) is 125 cm³/mol. The van der Waals surface area contributed by atoms with Crippen LogP contribution >= 0.6 is 0 Å². The third kappa shape index (κ3) is 5.55. The highest BCUT2D eigenvalue weighted by molar-refractivity contribution is 5.91. The number of nitrogens with zero attached hydrogens (tertiary/aromatic N) is 1. The normalized spacial score (nSPS) is 11.1. The largest absolute Gasteiger partial charge is 0.465 e. The number of amides is 1. The van der Waals surface area contributed by atoms with Crippen LogP contribution in [0.25, 0.3) is 17.0 Å². The summed E-state index contributed by atoms with van der Waals surface area (Å²) in [6, 6.07) is 22.3. The first kappa shape index (κ1) is 21.2. The number of anilines is 1. The summed E-state index contributed by atoms with van der Waals surface area (Å²) in [5.41, 5.74) is 1.95. The van der Waals surface area contributed by atoms with Gasteiger partial charge in [0.2, 0.25) is 5.91 Å². The highest BCUT2D eigenvalue weighted by Gasteiger charge is 2.12. The van der Waals surface area contributed by atoms with Crippen molar-refractivity contribution in [1.82, 2.24) is 4.90 Å². The summed E-state index contributed by atoms with van der Waals surface area (Å²) < 4.78 is 10.5. The highest BCUT2D eigenvalue weighted by atomic mass is 16.4. The Morgan fingerprint density at radius 2 is 1.81 bits per heavy atom. The zero-order valence-corrected chi connectivity index (χ0v) is 17.6.